The van der Waals surface area contributed by atoms with Crippen molar-refractivity contribution in [2.24, 2.45) is 5.92 Å². The molecular weight excluding hydrogens is 532 g/mol. The van der Waals surface area contributed by atoms with E-state index in [2.05, 4.69) is 27.3 Å². The highest BCUT2D eigenvalue weighted by Crippen LogP contribution is 2.42. The zero-order valence-corrected chi connectivity index (χ0v) is 24.3. The van der Waals surface area contributed by atoms with Gasteiger partial charge in [-0.3, -0.25) is 10.1 Å². The number of amides is 1. The molecule has 2 aliphatic heterocycles. The van der Waals surface area contributed by atoms with Crippen LogP contribution in [0.5, 0.6) is 11.5 Å². The Labute approximate surface area is 241 Å². The summed E-state index contributed by atoms with van der Waals surface area (Å²) >= 11 is 6.56. The number of hydrogen-bond donors (Lipinski definition) is 4. The summed E-state index contributed by atoms with van der Waals surface area (Å²) in [5, 5.41) is 23.5. The predicted octanol–water partition coefficient (Wildman–Crippen LogP) is 4.45. The van der Waals surface area contributed by atoms with Crippen molar-refractivity contribution < 1.29 is 19.0 Å². The van der Waals surface area contributed by atoms with Gasteiger partial charge in [-0.15, -0.1) is 0 Å². The minimum Gasteiger partial charge on any atom is -0.492 e. The van der Waals surface area contributed by atoms with Gasteiger partial charge in [-0.2, -0.15) is 5.26 Å². The molecule has 0 saturated carbocycles. The van der Waals surface area contributed by atoms with Crippen molar-refractivity contribution in [3.8, 4) is 17.6 Å². The summed E-state index contributed by atoms with van der Waals surface area (Å²) in [5.41, 5.74) is 3.05. The van der Waals surface area contributed by atoms with Crippen LogP contribution in [0.2, 0.25) is 5.02 Å². The van der Waals surface area contributed by atoms with Crippen LogP contribution in [0.1, 0.15) is 38.3 Å². The van der Waals surface area contributed by atoms with E-state index >= 15 is 0 Å². The van der Waals surface area contributed by atoms with Gasteiger partial charge in [-0.05, 0) is 65.2 Å². The van der Waals surface area contributed by atoms with Crippen LogP contribution in [0.15, 0.2) is 30.3 Å². The summed E-state index contributed by atoms with van der Waals surface area (Å²) in [6.45, 7) is 6.80. The van der Waals surface area contributed by atoms with Crippen molar-refractivity contribution in [1.29, 1.82) is 5.26 Å². The lowest BCUT2D eigenvalue weighted by atomic mass is 9.88. The van der Waals surface area contributed by atoms with Gasteiger partial charge >= 0.3 is 0 Å². The average Bonchev–Trinajstić information content (AvgIpc) is 3.33. The number of hydrogen-bond acceptors (Lipinski definition) is 9. The number of carbonyl (C=O) groups excluding carboxylic acids is 1. The second kappa shape index (κ2) is 13.9. The first kappa shape index (κ1) is 29.7. The van der Waals surface area contributed by atoms with Crippen molar-refractivity contribution >= 4 is 34.6 Å². The van der Waals surface area contributed by atoms with Crippen LogP contribution in [-0.2, 0) is 9.53 Å². The van der Waals surface area contributed by atoms with Gasteiger partial charge in [0.15, 0.2) is 0 Å². The molecule has 40 heavy (non-hydrogen) atoms. The number of fused-ring (bicyclic) bond motifs is 1. The number of benzene rings is 2. The Morgan fingerprint density at radius 2 is 2.05 bits per heavy atom. The lowest BCUT2D eigenvalue weighted by Gasteiger charge is -2.33. The summed E-state index contributed by atoms with van der Waals surface area (Å²) < 4.78 is 17.5. The van der Waals surface area contributed by atoms with Crippen molar-refractivity contribution in [2.45, 2.75) is 45.1 Å². The third-order valence-electron chi connectivity index (χ3n) is 6.82. The molecule has 216 valence electrons. The van der Waals surface area contributed by atoms with Crippen molar-refractivity contribution in [2.75, 3.05) is 62.9 Å². The number of halogens is 1. The van der Waals surface area contributed by atoms with Crippen LogP contribution >= 0.6 is 11.6 Å². The molecule has 0 aromatic heterocycles. The molecule has 0 spiro atoms. The number of rotatable bonds is 12. The lowest BCUT2D eigenvalue weighted by Crippen LogP contribution is -2.31. The molecule has 4 N–H and O–H groups in total. The highest BCUT2D eigenvalue weighted by atomic mass is 35.5. The molecule has 2 heterocycles. The Balaban J connectivity index is 1.52. The zero-order chi connectivity index (χ0) is 28.6. The Bertz CT molecular complexity index is 1220. The van der Waals surface area contributed by atoms with Crippen LogP contribution in [0.3, 0.4) is 0 Å². The second-order valence-electron chi connectivity index (χ2n) is 10.4. The Morgan fingerprint density at radius 1 is 1.23 bits per heavy atom. The Kier molecular flexibility index (Phi) is 10.3. The maximum Gasteiger partial charge on any atom is 0.224 e. The third-order valence-corrected chi connectivity index (χ3v) is 7.12. The minimum absolute atomic E-state index is 0.0807. The van der Waals surface area contributed by atoms with Crippen LogP contribution in [0, 0.1) is 17.2 Å². The summed E-state index contributed by atoms with van der Waals surface area (Å²) in [7, 11) is 3.97. The molecule has 2 aliphatic rings. The van der Waals surface area contributed by atoms with E-state index in [4.69, 9.17) is 25.8 Å². The maximum absolute atomic E-state index is 12.7. The van der Waals surface area contributed by atoms with Crippen LogP contribution in [0.25, 0.3) is 0 Å². The maximum atomic E-state index is 12.7. The Hall–Kier alpha value is -3.23. The topological polar surface area (TPSA) is 120 Å². The van der Waals surface area contributed by atoms with Gasteiger partial charge in [0.2, 0.25) is 5.91 Å². The van der Waals surface area contributed by atoms with Gasteiger partial charge in [0.1, 0.15) is 24.3 Å². The molecule has 4 unspecified atom stereocenters. The SMILES string of the molecule is CCOc1cc2c(cc1NC(=O)CCCN(C)C)C(Nc1ccc(OCC3NCC(C)O3)c(Cl)c1)C(C#N)CN2. The van der Waals surface area contributed by atoms with Gasteiger partial charge in [0.25, 0.3) is 0 Å². The fourth-order valence-corrected chi connectivity index (χ4v) is 5.06. The molecule has 1 saturated heterocycles. The minimum atomic E-state index is -0.364. The van der Waals surface area contributed by atoms with E-state index in [9.17, 15) is 10.1 Å². The largest absolute Gasteiger partial charge is 0.492 e. The van der Waals surface area contributed by atoms with E-state index in [0.717, 1.165) is 36.4 Å². The van der Waals surface area contributed by atoms with E-state index < -0.39 is 0 Å². The third kappa shape index (κ3) is 7.70. The highest BCUT2D eigenvalue weighted by Gasteiger charge is 2.31. The Morgan fingerprint density at radius 3 is 2.73 bits per heavy atom. The first-order chi connectivity index (χ1) is 19.3. The van der Waals surface area contributed by atoms with E-state index in [1.165, 1.54) is 0 Å². The number of nitriles is 1. The summed E-state index contributed by atoms with van der Waals surface area (Å²) in [6.07, 6.45) is 1.13. The first-order valence-electron chi connectivity index (χ1n) is 13.7. The predicted molar refractivity (Wildman–Crippen MR) is 157 cm³/mol. The van der Waals surface area contributed by atoms with Crippen molar-refractivity contribution in [3.63, 3.8) is 0 Å². The summed E-state index contributed by atoms with van der Waals surface area (Å²) in [5.74, 6) is 0.697. The fourth-order valence-electron chi connectivity index (χ4n) is 4.83. The molecule has 4 atom stereocenters. The lowest BCUT2D eigenvalue weighted by molar-refractivity contribution is -0.116. The van der Waals surface area contributed by atoms with Gasteiger partial charge in [0, 0.05) is 42.5 Å². The van der Waals surface area contributed by atoms with Crippen LogP contribution < -0.4 is 30.7 Å². The van der Waals surface area contributed by atoms with Crippen molar-refractivity contribution in [1.82, 2.24) is 10.2 Å². The molecule has 0 bridgehead atoms. The quantitative estimate of drug-likeness (QED) is 0.293. The van der Waals surface area contributed by atoms with Gasteiger partial charge in [0.05, 0.1) is 41.4 Å². The van der Waals surface area contributed by atoms with Gasteiger partial charge in [-0.25, -0.2) is 0 Å². The number of carbonyl (C=O) groups is 1. The summed E-state index contributed by atoms with van der Waals surface area (Å²) in [6, 6.07) is 11.3. The first-order valence-corrected chi connectivity index (χ1v) is 14.1. The number of anilines is 3. The van der Waals surface area contributed by atoms with E-state index in [0.29, 0.717) is 48.4 Å². The standard InChI is InChI=1S/C29H39ClN6O4/c1-5-38-26-13-23-21(12-24(26)35-27(37)7-6-10-36(3)4)29(19(14-31)16-32-23)34-20-8-9-25(22(30)11-20)39-17-28-33-15-18(2)40-28/h8-9,11-13,18-19,28-29,32-34H,5-7,10,15-17H2,1-4H3,(H,35,37). The smallest absolute Gasteiger partial charge is 0.224 e. The van der Waals surface area contributed by atoms with E-state index in [1.807, 2.05) is 57.1 Å². The molecule has 10 nitrogen and oxygen atoms in total. The van der Waals surface area contributed by atoms with E-state index in [1.54, 1.807) is 6.07 Å². The van der Waals surface area contributed by atoms with E-state index in [-0.39, 0.29) is 30.2 Å². The number of ether oxygens (including phenoxy) is 3. The van der Waals surface area contributed by atoms with Crippen LogP contribution in [0.4, 0.5) is 17.1 Å². The molecule has 4 rings (SSSR count). The number of nitrogens with one attached hydrogen (secondary N) is 4. The molecule has 11 heteroatoms. The summed E-state index contributed by atoms with van der Waals surface area (Å²) in [4.78, 5) is 14.8. The molecule has 1 fully saturated rings. The zero-order valence-electron chi connectivity index (χ0n) is 23.6. The molecule has 0 aliphatic carbocycles. The highest BCUT2D eigenvalue weighted by molar-refractivity contribution is 6.32. The molecule has 1 amide bonds. The van der Waals surface area contributed by atoms with Gasteiger partial charge < -0.3 is 35.1 Å². The molecule has 0 radical (unpaired) electrons. The molecule has 2 aromatic carbocycles. The fraction of sp³-hybridized carbons (Fsp3) is 0.517. The normalized spacial score (nSPS) is 21.7. The number of nitrogens with zero attached hydrogens (tertiary/aromatic N) is 2. The molecule has 2 aromatic rings. The van der Waals surface area contributed by atoms with Gasteiger partial charge in [-0.1, -0.05) is 11.6 Å². The average molecular weight is 571 g/mol. The van der Waals surface area contributed by atoms with Crippen molar-refractivity contribution in [3.05, 3.63) is 40.9 Å². The monoisotopic (exact) mass is 570 g/mol. The molecular formula is C29H39ClN6O4. The van der Waals surface area contributed by atoms with Crippen LogP contribution in [-0.4, -0.2) is 70.1 Å². The second-order valence-corrected chi connectivity index (χ2v) is 10.8.